The fourth-order valence-corrected chi connectivity index (χ4v) is 1.75. The smallest absolute Gasteiger partial charge is 0.251 e. The standard InChI is InChI=1S/C10H6BrClO2/c11-8-1-2-9-6(4-8)3-7(5-14-9)10(12)13/h1-4H,5H2. The van der Waals surface area contributed by atoms with Crippen LogP contribution in [0.3, 0.4) is 0 Å². The molecule has 0 aliphatic carbocycles. The molecule has 0 spiro atoms. The number of benzene rings is 1. The highest BCUT2D eigenvalue weighted by Crippen LogP contribution is 2.29. The number of carbonyl (C=O) groups is 1. The zero-order valence-corrected chi connectivity index (χ0v) is 9.43. The molecule has 0 N–H and O–H groups in total. The fraction of sp³-hybridized carbons (Fsp3) is 0.100. The van der Waals surface area contributed by atoms with Gasteiger partial charge >= 0.3 is 0 Å². The summed E-state index contributed by atoms with van der Waals surface area (Å²) in [6.45, 7) is 0.247. The predicted octanol–water partition coefficient (Wildman–Crippen LogP) is 2.99. The van der Waals surface area contributed by atoms with Crippen molar-refractivity contribution in [3.8, 4) is 5.75 Å². The van der Waals surface area contributed by atoms with E-state index in [0.717, 1.165) is 15.8 Å². The Morgan fingerprint density at radius 2 is 2.29 bits per heavy atom. The molecule has 0 radical (unpaired) electrons. The zero-order valence-electron chi connectivity index (χ0n) is 7.09. The van der Waals surface area contributed by atoms with Crippen LogP contribution in [-0.4, -0.2) is 11.8 Å². The summed E-state index contributed by atoms with van der Waals surface area (Å²) in [5.74, 6) is 0.773. The zero-order chi connectivity index (χ0) is 10.1. The number of carbonyl (C=O) groups excluding carboxylic acids is 1. The molecule has 2 rings (SSSR count). The topological polar surface area (TPSA) is 26.3 Å². The van der Waals surface area contributed by atoms with E-state index >= 15 is 0 Å². The van der Waals surface area contributed by atoms with Gasteiger partial charge in [0, 0.05) is 15.6 Å². The van der Waals surface area contributed by atoms with Gasteiger partial charge in [0.2, 0.25) is 0 Å². The van der Waals surface area contributed by atoms with Crippen LogP contribution in [0.15, 0.2) is 28.2 Å². The van der Waals surface area contributed by atoms with Crippen LogP contribution < -0.4 is 4.74 Å². The first-order valence-electron chi connectivity index (χ1n) is 3.99. The molecule has 4 heteroatoms. The maximum atomic E-state index is 10.9. The summed E-state index contributed by atoms with van der Waals surface area (Å²) in [5.41, 5.74) is 1.35. The van der Waals surface area contributed by atoms with Gasteiger partial charge in [-0.25, -0.2) is 0 Å². The summed E-state index contributed by atoms with van der Waals surface area (Å²) in [6, 6.07) is 5.62. The SMILES string of the molecule is O=C(Cl)C1=Cc2cc(Br)ccc2OC1. The molecule has 72 valence electrons. The van der Waals surface area contributed by atoms with Gasteiger partial charge in [0.1, 0.15) is 12.4 Å². The van der Waals surface area contributed by atoms with E-state index < -0.39 is 5.24 Å². The van der Waals surface area contributed by atoms with Gasteiger partial charge < -0.3 is 4.74 Å². The second kappa shape index (κ2) is 3.75. The van der Waals surface area contributed by atoms with Crippen molar-refractivity contribution in [3.63, 3.8) is 0 Å². The molecule has 1 aliphatic rings. The summed E-state index contributed by atoms with van der Waals surface area (Å²) in [5, 5.41) is -0.462. The van der Waals surface area contributed by atoms with E-state index in [2.05, 4.69) is 15.9 Å². The first-order valence-corrected chi connectivity index (χ1v) is 5.16. The highest BCUT2D eigenvalue weighted by molar-refractivity contribution is 9.10. The maximum absolute atomic E-state index is 10.9. The van der Waals surface area contributed by atoms with E-state index in [4.69, 9.17) is 16.3 Å². The van der Waals surface area contributed by atoms with Crippen LogP contribution in [0.5, 0.6) is 5.75 Å². The van der Waals surface area contributed by atoms with Gasteiger partial charge in [-0.05, 0) is 35.9 Å². The van der Waals surface area contributed by atoms with Gasteiger partial charge in [-0.1, -0.05) is 15.9 Å². The average Bonchev–Trinajstić information content (AvgIpc) is 2.16. The van der Waals surface area contributed by atoms with Gasteiger partial charge in [0.25, 0.3) is 5.24 Å². The number of halogens is 2. The summed E-state index contributed by atoms with van der Waals surface area (Å²) < 4.78 is 6.30. The normalized spacial score (nSPS) is 14.0. The lowest BCUT2D eigenvalue weighted by Crippen LogP contribution is -2.11. The Morgan fingerprint density at radius 3 is 3.00 bits per heavy atom. The van der Waals surface area contributed by atoms with E-state index in [1.165, 1.54) is 0 Å². The van der Waals surface area contributed by atoms with E-state index in [1.54, 1.807) is 6.08 Å². The molecular weight excluding hydrogens is 267 g/mol. The Labute approximate surface area is 94.6 Å². The monoisotopic (exact) mass is 272 g/mol. The molecule has 14 heavy (non-hydrogen) atoms. The van der Waals surface area contributed by atoms with Gasteiger partial charge in [0.15, 0.2) is 0 Å². The van der Waals surface area contributed by atoms with Crippen LogP contribution in [-0.2, 0) is 4.79 Å². The van der Waals surface area contributed by atoms with Crippen molar-refractivity contribution in [1.82, 2.24) is 0 Å². The highest BCUT2D eigenvalue weighted by atomic mass is 79.9. The molecule has 0 saturated heterocycles. The number of rotatable bonds is 1. The van der Waals surface area contributed by atoms with Gasteiger partial charge in [0.05, 0.1) is 0 Å². The molecular formula is C10H6BrClO2. The van der Waals surface area contributed by atoms with Crippen molar-refractivity contribution < 1.29 is 9.53 Å². The molecule has 0 fully saturated rings. The van der Waals surface area contributed by atoms with Crippen LogP contribution in [0.4, 0.5) is 0 Å². The van der Waals surface area contributed by atoms with Gasteiger partial charge in [-0.2, -0.15) is 0 Å². The van der Waals surface area contributed by atoms with E-state index in [-0.39, 0.29) is 6.61 Å². The number of hydrogen-bond acceptors (Lipinski definition) is 2. The second-order valence-electron chi connectivity index (χ2n) is 2.91. The third kappa shape index (κ3) is 1.83. The first-order chi connectivity index (χ1) is 6.66. The van der Waals surface area contributed by atoms with Crippen molar-refractivity contribution in [2.75, 3.05) is 6.61 Å². The Kier molecular flexibility index (Phi) is 2.61. The number of fused-ring (bicyclic) bond motifs is 1. The molecule has 1 aliphatic heterocycles. The van der Waals surface area contributed by atoms with Gasteiger partial charge in [-0.3, -0.25) is 4.79 Å². The molecule has 0 atom stereocenters. The molecule has 1 aromatic rings. The summed E-state index contributed by atoms with van der Waals surface area (Å²) in [6.07, 6.45) is 1.75. The van der Waals surface area contributed by atoms with Gasteiger partial charge in [-0.15, -0.1) is 0 Å². The Balaban J connectivity index is 2.47. The minimum atomic E-state index is -0.462. The molecule has 0 bridgehead atoms. The third-order valence-electron chi connectivity index (χ3n) is 1.94. The first kappa shape index (κ1) is 9.74. The largest absolute Gasteiger partial charge is 0.488 e. The lowest BCUT2D eigenvalue weighted by molar-refractivity contribution is -0.108. The third-order valence-corrected chi connectivity index (χ3v) is 2.67. The quantitative estimate of drug-likeness (QED) is 0.735. The van der Waals surface area contributed by atoms with Crippen molar-refractivity contribution >= 4 is 38.8 Å². The predicted molar refractivity (Wildman–Crippen MR) is 58.5 cm³/mol. The minimum absolute atomic E-state index is 0.247. The second-order valence-corrected chi connectivity index (χ2v) is 4.17. The molecule has 0 amide bonds. The molecule has 1 aromatic carbocycles. The summed E-state index contributed by atoms with van der Waals surface area (Å²) in [4.78, 5) is 10.9. The summed E-state index contributed by atoms with van der Waals surface area (Å²) >= 11 is 8.71. The van der Waals surface area contributed by atoms with Crippen LogP contribution >= 0.6 is 27.5 Å². The van der Waals surface area contributed by atoms with Crippen molar-refractivity contribution in [2.24, 2.45) is 0 Å². The van der Waals surface area contributed by atoms with E-state index in [9.17, 15) is 4.79 Å². The van der Waals surface area contributed by atoms with Crippen LogP contribution in [0.2, 0.25) is 0 Å². The Bertz CT molecular complexity index is 426. The molecule has 2 nitrogen and oxygen atoms in total. The number of hydrogen-bond donors (Lipinski definition) is 0. The van der Waals surface area contributed by atoms with Crippen molar-refractivity contribution in [2.45, 2.75) is 0 Å². The molecule has 0 unspecified atom stereocenters. The van der Waals surface area contributed by atoms with E-state index in [1.807, 2.05) is 18.2 Å². The number of ether oxygens (including phenoxy) is 1. The fourth-order valence-electron chi connectivity index (χ4n) is 1.26. The Hall–Kier alpha value is -0.800. The lowest BCUT2D eigenvalue weighted by atomic mass is 10.1. The Morgan fingerprint density at radius 1 is 1.50 bits per heavy atom. The molecule has 0 aromatic heterocycles. The maximum Gasteiger partial charge on any atom is 0.251 e. The lowest BCUT2D eigenvalue weighted by Gasteiger charge is -2.15. The highest BCUT2D eigenvalue weighted by Gasteiger charge is 2.15. The molecule has 1 heterocycles. The minimum Gasteiger partial charge on any atom is -0.488 e. The van der Waals surface area contributed by atoms with Crippen LogP contribution in [0.1, 0.15) is 5.56 Å². The molecule has 0 saturated carbocycles. The van der Waals surface area contributed by atoms with Crippen molar-refractivity contribution in [1.29, 1.82) is 0 Å². The summed E-state index contributed by atoms with van der Waals surface area (Å²) in [7, 11) is 0. The van der Waals surface area contributed by atoms with Crippen LogP contribution in [0, 0.1) is 0 Å². The van der Waals surface area contributed by atoms with Crippen molar-refractivity contribution in [3.05, 3.63) is 33.8 Å². The average molecular weight is 274 g/mol. The van der Waals surface area contributed by atoms with Crippen LogP contribution in [0.25, 0.3) is 6.08 Å². The van der Waals surface area contributed by atoms with E-state index in [0.29, 0.717) is 5.57 Å².